The van der Waals surface area contributed by atoms with Gasteiger partial charge in [0.2, 0.25) is 0 Å². The Balaban J connectivity index is 1.55. The number of anilines is 2. The van der Waals surface area contributed by atoms with Gasteiger partial charge in [-0.3, -0.25) is 4.90 Å². The average Bonchev–Trinajstić information content (AvgIpc) is 2.60. The molecule has 0 bridgehead atoms. The van der Waals surface area contributed by atoms with Crippen LogP contribution in [0.1, 0.15) is 24.0 Å². The number of hydrogen-bond acceptors (Lipinski definition) is 5. The summed E-state index contributed by atoms with van der Waals surface area (Å²) in [6.07, 6.45) is -1.30. The summed E-state index contributed by atoms with van der Waals surface area (Å²) in [5.74, 6) is 0.738. The zero-order chi connectivity index (χ0) is 18.7. The third kappa shape index (κ3) is 4.56. The Labute approximate surface area is 154 Å². The summed E-state index contributed by atoms with van der Waals surface area (Å²) in [5, 5.41) is 3.57. The van der Waals surface area contributed by atoms with Gasteiger partial charge in [-0.15, -0.1) is 0 Å². The van der Waals surface area contributed by atoms with Gasteiger partial charge in [0.05, 0.1) is 5.56 Å². The van der Waals surface area contributed by atoms with Crippen LogP contribution in [0, 0.1) is 0 Å². The lowest BCUT2D eigenvalue weighted by Crippen LogP contribution is -2.38. The lowest BCUT2D eigenvalue weighted by molar-refractivity contribution is -0.137. The van der Waals surface area contributed by atoms with Crippen molar-refractivity contribution in [2.24, 2.45) is 0 Å². The summed E-state index contributed by atoms with van der Waals surface area (Å²) < 4.78 is 38.4. The number of alkyl halides is 3. The van der Waals surface area contributed by atoms with Crippen molar-refractivity contribution in [2.75, 3.05) is 24.1 Å². The fourth-order valence-electron chi connectivity index (χ4n) is 3.02. The molecule has 0 radical (unpaired) electrons. The number of rotatable bonds is 4. The number of nitrogens with two attached hydrogens (primary N) is 1. The summed E-state index contributed by atoms with van der Waals surface area (Å²) in [4.78, 5) is 10.1. The molecule has 0 amide bonds. The van der Waals surface area contributed by atoms with Crippen molar-refractivity contribution in [3.8, 4) is 0 Å². The summed E-state index contributed by atoms with van der Waals surface area (Å²) in [6.45, 7) is 2.04. The number of nitrogens with zero attached hydrogens (tertiary/aromatic N) is 3. The van der Waals surface area contributed by atoms with Crippen LogP contribution in [0.3, 0.4) is 0 Å². The third-order valence-corrected chi connectivity index (χ3v) is 4.78. The van der Waals surface area contributed by atoms with Crippen LogP contribution in [-0.2, 0) is 12.7 Å². The minimum atomic E-state index is -4.31. The molecule has 1 saturated heterocycles. The molecule has 9 heteroatoms. The van der Waals surface area contributed by atoms with Crippen LogP contribution in [0.5, 0.6) is 0 Å². The van der Waals surface area contributed by atoms with Crippen molar-refractivity contribution in [3.63, 3.8) is 0 Å². The van der Waals surface area contributed by atoms with Gasteiger partial charge >= 0.3 is 6.18 Å². The second kappa shape index (κ2) is 7.67. The van der Waals surface area contributed by atoms with E-state index in [1.54, 1.807) is 6.07 Å². The highest BCUT2D eigenvalue weighted by atomic mass is 35.5. The first-order valence-corrected chi connectivity index (χ1v) is 8.61. The van der Waals surface area contributed by atoms with Crippen LogP contribution >= 0.6 is 11.6 Å². The number of nitrogens with one attached hydrogen (secondary N) is 1. The summed E-state index contributed by atoms with van der Waals surface area (Å²) in [6, 6.07) is 5.67. The SMILES string of the molecule is Nc1ncnc(NC2CCN(Cc3cccc(C(F)(F)F)c3)CC2)c1Cl. The highest BCUT2D eigenvalue weighted by Crippen LogP contribution is 2.30. The molecule has 1 aliphatic rings. The predicted octanol–water partition coefficient (Wildman–Crippen LogP) is 3.81. The maximum Gasteiger partial charge on any atom is 0.416 e. The van der Waals surface area contributed by atoms with Gasteiger partial charge in [0.25, 0.3) is 0 Å². The smallest absolute Gasteiger partial charge is 0.382 e. The molecule has 1 aromatic carbocycles. The van der Waals surface area contributed by atoms with Crippen LogP contribution < -0.4 is 11.1 Å². The van der Waals surface area contributed by atoms with Gasteiger partial charge in [0.15, 0.2) is 5.82 Å². The molecule has 0 spiro atoms. The van der Waals surface area contributed by atoms with E-state index in [-0.39, 0.29) is 11.9 Å². The molecule has 3 N–H and O–H groups in total. The van der Waals surface area contributed by atoms with Crippen molar-refractivity contribution >= 4 is 23.2 Å². The van der Waals surface area contributed by atoms with Crippen molar-refractivity contribution in [3.05, 3.63) is 46.7 Å². The van der Waals surface area contributed by atoms with E-state index in [1.807, 2.05) is 0 Å². The fourth-order valence-corrected chi connectivity index (χ4v) is 3.17. The number of piperidine rings is 1. The monoisotopic (exact) mass is 385 g/mol. The van der Waals surface area contributed by atoms with E-state index in [0.29, 0.717) is 22.9 Å². The molecule has 2 aromatic rings. The van der Waals surface area contributed by atoms with Crippen molar-refractivity contribution in [1.29, 1.82) is 0 Å². The average molecular weight is 386 g/mol. The Morgan fingerprint density at radius 1 is 1.23 bits per heavy atom. The molecule has 140 valence electrons. The molecular formula is C17H19ClF3N5. The first kappa shape index (κ1) is 18.7. The van der Waals surface area contributed by atoms with Crippen LogP contribution in [0.15, 0.2) is 30.6 Å². The molecule has 5 nitrogen and oxygen atoms in total. The van der Waals surface area contributed by atoms with Crippen molar-refractivity contribution in [1.82, 2.24) is 14.9 Å². The summed E-state index contributed by atoms with van der Waals surface area (Å²) >= 11 is 6.09. The minimum Gasteiger partial charge on any atom is -0.382 e. The zero-order valence-corrected chi connectivity index (χ0v) is 14.7. The van der Waals surface area contributed by atoms with E-state index in [9.17, 15) is 13.2 Å². The number of hydrogen-bond donors (Lipinski definition) is 2. The molecule has 0 saturated carbocycles. The van der Waals surface area contributed by atoms with Crippen LogP contribution in [0.2, 0.25) is 5.02 Å². The van der Waals surface area contributed by atoms with Crippen molar-refractivity contribution < 1.29 is 13.2 Å². The molecule has 1 aliphatic heterocycles. The maximum absolute atomic E-state index is 12.8. The highest BCUT2D eigenvalue weighted by Gasteiger charge is 2.30. The number of aromatic nitrogens is 2. The number of likely N-dealkylation sites (tertiary alicyclic amines) is 1. The maximum atomic E-state index is 12.8. The summed E-state index contributed by atoms with van der Waals surface area (Å²) in [7, 11) is 0. The molecule has 0 atom stereocenters. The number of nitrogen functional groups attached to an aromatic ring is 1. The van der Waals surface area contributed by atoms with E-state index in [4.69, 9.17) is 17.3 Å². The van der Waals surface area contributed by atoms with Crippen molar-refractivity contribution in [2.45, 2.75) is 31.6 Å². The number of halogens is 4. The van der Waals surface area contributed by atoms with Gasteiger partial charge in [-0.05, 0) is 24.5 Å². The van der Waals surface area contributed by atoms with Gasteiger partial charge < -0.3 is 11.1 Å². The van der Waals surface area contributed by atoms with E-state index < -0.39 is 11.7 Å². The van der Waals surface area contributed by atoms with Crippen LogP contribution in [0.4, 0.5) is 24.8 Å². The van der Waals surface area contributed by atoms with Gasteiger partial charge in [0, 0.05) is 25.7 Å². The second-order valence-corrected chi connectivity index (χ2v) is 6.69. The molecule has 3 rings (SSSR count). The Morgan fingerprint density at radius 2 is 1.96 bits per heavy atom. The fraction of sp³-hybridized carbons (Fsp3) is 0.412. The minimum absolute atomic E-state index is 0.180. The van der Waals surface area contributed by atoms with Gasteiger partial charge in [0.1, 0.15) is 17.2 Å². The summed E-state index contributed by atoms with van der Waals surface area (Å²) in [5.41, 5.74) is 5.72. The number of benzene rings is 1. The molecule has 1 aromatic heterocycles. The van der Waals surface area contributed by atoms with Gasteiger partial charge in [-0.1, -0.05) is 29.8 Å². The van der Waals surface area contributed by atoms with Crippen LogP contribution in [0.25, 0.3) is 0 Å². The predicted molar refractivity (Wildman–Crippen MR) is 94.8 cm³/mol. The van der Waals surface area contributed by atoms with Gasteiger partial charge in [-0.25, -0.2) is 9.97 Å². The molecule has 2 heterocycles. The van der Waals surface area contributed by atoms with E-state index in [2.05, 4.69) is 20.2 Å². The lowest BCUT2D eigenvalue weighted by Gasteiger charge is -2.32. The second-order valence-electron chi connectivity index (χ2n) is 6.31. The van der Waals surface area contributed by atoms with E-state index in [0.717, 1.165) is 32.0 Å². The third-order valence-electron chi connectivity index (χ3n) is 4.41. The van der Waals surface area contributed by atoms with E-state index >= 15 is 0 Å². The zero-order valence-electron chi connectivity index (χ0n) is 13.9. The quantitative estimate of drug-likeness (QED) is 0.837. The first-order chi connectivity index (χ1) is 12.3. The van der Waals surface area contributed by atoms with Gasteiger partial charge in [-0.2, -0.15) is 13.2 Å². The normalized spacial score (nSPS) is 16.6. The van der Waals surface area contributed by atoms with Crippen LogP contribution in [-0.4, -0.2) is 34.0 Å². The highest BCUT2D eigenvalue weighted by molar-refractivity contribution is 6.35. The topological polar surface area (TPSA) is 67.1 Å². The molecule has 1 fully saturated rings. The first-order valence-electron chi connectivity index (χ1n) is 8.24. The Kier molecular flexibility index (Phi) is 5.52. The Morgan fingerprint density at radius 3 is 2.65 bits per heavy atom. The largest absolute Gasteiger partial charge is 0.416 e. The Bertz CT molecular complexity index is 760. The molecule has 0 unspecified atom stereocenters. The Hall–Kier alpha value is -2.06. The standard InChI is InChI=1S/C17H19ClF3N5/c18-14-15(22)23-10-24-16(14)25-13-4-6-26(7-5-13)9-11-2-1-3-12(8-11)17(19,20)21/h1-3,8,10,13H,4-7,9H2,(H3,22,23,24,25). The molecule has 0 aliphatic carbocycles. The molecular weight excluding hydrogens is 367 g/mol. The molecule has 26 heavy (non-hydrogen) atoms. The van der Waals surface area contributed by atoms with E-state index in [1.165, 1.54) is 18.5 Å². The lowest BCUT2D eigenvalue weighted by atomic mass is 10.0.